The molecule has 0 unspecified atom stereocenters. The molecule has 0 saturated heterocycles. The summed E-state index contributed by atoms with van der Waals surface area (Å²) in [6.45, 7) is 6.53. The first-order valence-electron chi connectivity index (χ1n) is 7.91. The van der Waals surface area contributed by atoms with Crippen molar-refractivity contribution in [2.45, 2.75) is 52.5 Å². The van der Waals surface area contributed by atoms with E-state index in [1.807, 2.05) is 34.5 Å². The van der Waals surface area contributed by atoms with Crippen LogP contribution in [0.2, 0.25) is 0 Å². The minimum absolute atomic E-state index is 0.0569. The third-order valence-corrected chi connectivity index (χ3v) is 4.44. The average Bonchev–Trinajstić information content (AvgIpc) is 3.07. The molecular formula is C17H25N3OS. The first-order chi connectivity index (χ1) is 10.5. The molecule has 0 radical (unpaired) electrons. The lowest BCUT2D eigenvalue weighted by Gasteiger charge is -2.14. The molecule has 2 rings (SSSR count). The second kappa shape index (κ2) is 8.13. The van der Waals surface area contributed by atoms with Gasteiger partial charge in [-0.2, -0.15) is 0 Å². The molecule has 2 heterocycles. The topological polar surface area (TPSA) is 46.9 Å². The van der Waals surface area contributed by atoms with Gasteiger partial charge >= 0.3 is 0 Å². The highest BCUT2D eigenvalue weighted by molar-refractivity contribution is 7.12. The third kappa shape index (κ3) is 5.30. The van der Waals surface area contributed by atoms with Crippen LogP contribution < -0.4 is 5.32 Å². The quantitative estimate of drug-likeness (QED) is 0.804. The number of rotatable bonds is 8. The molecule has 2 aromatic heterocycles. The summed E-state index contributed by atoms with van der Waals surface area (Å²) in [5.41, 5.74) is 0.834. The van der Waals surface area contributed by atoms with Crippen LogP contribution in [0.5, 0.6) is 0 Å². The Kier molecular flexibility index (Phi) is 6.19. The van der Waals surface area contributed by atoms with Crippen LogP contribution in [0.4, 0.5) is 0 Å². The molecule has 22 heavy (non-hydrogen) atoms. The van der Waals surface area contributed by atoms with Gasteiger partial charge in [-0.25, -0.2) is 4.98 Å². The molecule has 0 saturated carbocycles. The number of thiazole rings is 1. The maximum Gasteiger partial charge on any atom is 0.226 e. The lowest BCUT2D eigenvalue weighted by Crippen LogP contribution is -2.33. The molecule has 0 aliphatic rings. The molecule has 1 atom stereocenters. The van der Waals surface area contributed by atoms with Crippen LogP contribution in [0, 0.1) is 5.92 Å². The normalized spacial score (nSPS) is 12.5. The molecule has 0 fully saturated rings. The van der Waals surface area contributed by atoms with E-state index in [-0.39, 0.29) is 11.9 Å². The molecule has 1 amide bonds. The number of hydrogen-bond acceptors (Lipinski definition) is 3. The van der Waals surface area contributed by atoms with E-state index in [2.05, 4.69) is 31.1 Å². The fraction of sp³-hybridized carbons (Fsp3) is 0.529. The SMILES string of the molecule is CC(C)CCC[C@@H](C)NC(=O)Cc1csc(-n2cccc2)n1. The Morgan fingerprint density at radius 1 is 1.27 bits per heavy atom. The summed E-state index contributed by atoms with van der Waals surface area (Å²) in [6, 6.07) is 4.16. The molecule has 0 aliphatic heterocycles. The largest absolute Gasteiger partial charge is 0.353 e. The summed E-state index contributed by atoms with van der Waals surface area (Å²) in [5.74, 6) is 0.784. The predicted molar refractivity (Wildman–Crippen MR) is 91.4 cm³/mol. The molecule has 4 nitrogen and oxygen atoms in total. The van der Waals surface area contributed by atoms with E-state index in [4.69, 9.17) is 0 Å². The fourth-order valence-electron chi connectivity index (χ4n) is 2.35. The van der Waals surface area contributed by atoms with Crippen LogP contribution in [0.3, 0.4) is 0 Å². The predicted octanol–water partition coefficient (Wildman–Crippen LogP) is 3.81. The van der Waals surface area contributed by atoms with Gasteiger partial charge in [0.2, 0.25) is 5.91 Å². The van der Waals surface area contributed by atoms with Gasteiger partial charge in [0.15, 0.2) is 5.13 Å². The van der Waals surface area contributed by atoms with Crippen molar-refractivity contribution in [2.75, 3.05) is 0 Å². The van der Waals surface area contributed by atoms with Crippen molar-refractivity contribution in [1.82, 2.24) is 14.9 Å². The van der Waals surface area contributed by atoms with Crippen molar-refractivity contribution in [1.29, 1.82) is 0 Å². The lowest BCUT2D eigenvalue weighted by atomic mass is 10.0. The zero-order valence-corrected chi connectivity index (χ0v) is 14.4. The van der Waals surface area contributed by atoms with Crippen LogP contribution in [0.15, 0.2) is 29.9 Å². The monoisotopic (exact) mass is 319 g/mol. The van der Waals surface area contributed by atoms with Crippen LogP contribution >= 0.6 is 11.3 Å². The van der Waals surface area contributed by atoms with E-state index in [1.165, 1.54) is 6.42 Å². The van der Waals surface area contributed by atoms with Crippen LogP contribution in [0.1, 0.15) is 45.7 Å². The average molecular weight is 319 g/mol. The number of nitrogens with zero attached hydrogens (tertiary/aromatic N) is 2. The Hall–Kier alpha value is -1.62. The van der Waals surface area contributed by atoms with Crippen molar-refractivity contribution in [3.8, 4) is 5.13 Å². The minimum atomic E-state index is 0.0569. The summed E-state index contributed by atoms with van der Waals surface area (Å²) in [6.07, 6.45) is 7.68. The zero-order chi connectivity index (χ0) is 15.9. The smallest absolute Gasteiger partial charge is 0.226 e. The molecule has 0 aliphatic carbocycles. The van der Waals surface area contributed by atoms with Gasteiger partial charge in [0.05, 0.1) is 12.1 Å². The number of carbonyl (C=O) groups is 1. The van der Waals surface area contributed by atoms with Gasteiger partial charge < -0.3 is 9.88 Å². The summed E-state index contributed by atoms with van der Waals surface area (Å²) < 4.78 is 1.96. The van der Waals surface area contributed by atoms with E-state index in [0.717, 1.165) is 29.6 Å². The Morgan fingerprint density at radius 2 is 2.00 bits per heavy atom. The zero-order valence-electron chi connectivity index (χ0n) is 13.6. The molecule has 1 N–H and O–H groups in total. The fourth-order valence-corrected chi connectivity index (χ4v) is 3.14. The lowest BCUT2D eigenvalue weighted by molar-refractivity contribution is -0.121. The number of hydrogen-bond donors (Lipinski definition) is 1. The van der Waals surface area contributed by atoms with E-state index < -0.39 is 0 Å². The molecular weight excluding hydrogens is 294 g/mol. The molecule has 0 bridgehead atoms. The number of nitrogens with one attached hydrogen (secondary N) is 1. The number of amides is 1. The Morgan fingerprint density at radius 3 is 2.68 bits per heavy atom. The van der Waals surface area contributed by atoms with E-state index in [0.29, 0.717) is 6.42 Å². The molecule has 2 aromatic rings. The van der Waals surface area contributed by atoms with Crippen LogP contribution in [0.25, 0.3) is 5.13 Å². The number of carbonyl (C=O) groups excluding carboxylic acids is 1. The molecule has 0 aromatic carbocycles. The van der Waals surface area contributed by atoms with Gasteiger partial charge in [-0.3, -0.25) is 4.79 Å². The summed E-state index contributed by atoms with van der Waals surface area (Å²) in [4.78, 5) is 16.6. The summed E-state index contributed by atoms with van der Waals surface area (Å²) in [7, 11) is 0. The Labute approximate surface area is 136 Å². The van der Waals surface area contributed by atoms with Gasteiger partial charge in [-0.05, 0) is 31.4 Å². The summed E-state index contributed by atoms with van der Waals surface area (Å²) >= 11 is 1.56. The third-order valence-electron chi connectivity index (χ3n) is 3.53. The molecule has 0 spiro atoms. The highest BCUT2D eigenvalue weighted by Crippen LogP contribution is 2.15. The Balaban J connectivity index is 1.77. The van der Waals surface area contributed by atoms with Gasteiger partial charge in [0, 0.05) is 23.8 Å². The molecule has 5 heteroatoms. The van der Waals surface area contributed by atoms with Crippen molar-refractivity contribution in [2.24, 2.45) is 5.92 Å². The van der Waals surface area contributed by atoms with Crippen molar-refractivity contribution in [3.63, 3.8) is 0 Å². The number of aromatic nitrogens is 2. The highest BCUT2D eigenvalue weighted by Gasteiger charge is 2.11. The second-order valence-corrected chi connectivity index (χ2v) is 7.02. The van der Waals surface area contributed by atoms with Gasteiger partial charge in [0.25, 0.3) is 0 Å². The summed E-state index contributed by atoms with van der Waals surface area (Å²) in [5, 5.41) is 5.92. The van der Waals surface area contributed by atoms with Crippen LogP contribution in [-0.2, 0) is 11.2 Å². The maximum atomic E-state index is 12.1. The van der Waals surface area contributed by atoms with Crippen molar-refractivity contribution < 1.29 is 4.79 Å². The maximum absolute atomic E-state index is 12.1. The van der Waals surface area contributed by atoms with Crippen LogP contribution in [-0.4, -0.2) is 21.5 Å². The van der Waals surface area contributed by atoms with Gasteiger partial charge in [-0.1, -0.05) is 26.7 Å². The Bertz CT molecular complexity index is 575. The van der Waals surface area contributed by atoms with E-state index >= 15 is 0 Å². The van der Waals surface area contributed by atoms with E-state index in [1.54, 1.807) is 11.3 Å². The van der Waals surface area contributed by atoms with E-state index in [9.17, 15) is 4.79 Å². The highest BCUT2D eigenvalue weighted by atomic mass is 32.1. The first-order valence-corrected chi connectivity index (χ1v) is 8.79. The van der Waals surface area contributed by atoms with Gasteiger partial charge in [0.1, 0.15) is 0 Å². The standard InChI is InChI=1S/C17H25N3OS/c1-13(2)7-6-8-14(3)18-16(21)11-15-12-22-17(19-15)20-9-4-5-10-20/h4-5,9-10,12-14H,6-8,11H2,1-3H3,(H,18,21)/t14-/m1/s1. The van der Waals surface area contributed by atoms with Crippen molar-refractivity contribution in [3.05, 3.63) is 35.6 Å². The van der Waals surface area contributed by atoms with Crippen molar-refractivity contribution >= 4 is 17.2 Å². The van der Waals surface area contributed by atoms with Gasteiger partial charge in [-0.15, -0.1) is 11.3 Å². The first kappa shape index (κ1) is 16.7. The second-order valence-electron chi connectivity index (χ2n) is 6.18. The molecule has 120 valence electrons. The minimum Gasteiger partial charge on any atom is -0.353 e.